The first-order valence-electron chi connectivity index (χ1n) is 14.8. The van der Waals surface area contributed by atoms with Crippen LogP contribution < -0.4 is 9.80 Å². The third-order valence-electron chi connectivity index (χ3n) is 9.64. The van der Waals surface area contributed by atoms with Crippen molar-refractivity contribution >= 4 is 53.3 Å². The molecular weight excluding hydrogens is 618 g/mol. The van der Waals surface area contributed by atoms with E-state index in [0.717, 1.165) is 39.8 Å². The highest BCUT2D eigenvalue weighted by Gasteiger charge is 2.66. The van der Waals surface area contributed by atoms with Crippen molar-refractivity contribution in [2.45, 2.75) is 75.5 Å². The van der Waals surface area contributed by atoms with E-state index in [1.165, 1.54) is 0 Å². The number of likely N-dealkylation sites (tertiary alicyclic amines) is 1. The predicted octanol–water partition coefficient (Wildman–Crippen LogP) is 3.90. The Morgan fingerprint density at radius 2 is 1.95 bits per heavy atom. The van der Waals surface area contributed by atoms with Crippen LogP contribution in [0.25, 0.3) is 0 Å². The molecule has 0 aromatic heterocycles. The fourth-order valence-electron chi connectivity index (χ4n) is 7.64. The number of carbonyl (C=O) groups is 3. The molecule has 11 heteroatoms. The van der Waals surface area contributed by atoms with Crippen LogP contribution >= 0.6 is 15.9 Å². The maximum Gasteiger partial charge on any atom is 0.264 e. The molecule has 3 amide bonds. The summed E-state index contributed by atoms with van der Waals surface area (Å²) >= 11 is 3.59. The summed E-state index contributed by atoms with van der Waals surface area (Å²) in [5.41, 5.74) is 1.46. The Morgan fingerprint density at radius 3 is 2.62 bits per heavy atom. The van der Waals surface area contributed by atoms with Crippen molar-refractivity contribution in [3.8, 4) is 0 Å². The van der Waals surface area contributed by atoms with Crippen molar-refractivity contribution in [1.82, 2.24) is 4.90 Å². The monoisotopic (exact) mass is 655 g/mol. The van der Waals surface area contributed by atoms with Crippen LogP contribution in [0.1, 0.15) is 43.7 Å². The van der Waals surface area contributed by atoms with Crippen LogP contribution in [0.3, 0.4) is 0 Å². The lowest BCUT2D eigenvalue weighted by Gasteiger charge is -2.33. The molecule has 4 heterocycles. The van der Waals surface area contributed by atoms with Crippen molar-refractivity contribution < 1.29 is 29.0 Å². The Labute approximate surface area is 255 Å². The van der Waals surface area contributed by atoms with Gasteiger partial charge in [0.15, 0.2) is 13.9 Å². The predicted molar refractivity (Wildman–Crippen MR) is 164 cm³/mol. The Kier molecular flexibility index (Phi) is 7.62. The van der Waals surface area contributed by atoms with Crippen LogP contribution in [0.15, 0.2) is 46.9 Å². The zero-order chi connectivity index (χ0) is 30.0. The molecule has 4 aliphatic rings. The molecule has 3 saturated heterocycles. The van der Waals surface area contributed by atoms with E-state index < -0.39 is 20.0 Å². The second-order valence-corrected chi connectivity index (χ2v) is 17.5. The van der Waals surface area contributed by atoms with Gasteiger partial charge in [0, 0.05) is 46.7 Å². The van der Waals surface area contributed by atoms with Gasteiger partial charge in [-0.05, 0) is 61.8 Å². The minimum Gasteiger partial charge on any atom is -0.432 e. The number of nitrogens with zero attached hydrogens (tertiary/aromatic N) is 3. The van der Waals surface area contributed by atoms with E-state index in [0.29, 0.717) is 26.1 Å². The van der Waals surface area contributed by atoms with Gasteiger partial charge in [-0.1, -0.05) is 35.0 Å². The van der Waals surface area contributed by atoms with Gasteiger partial charge in [0.05, 0.1) is 37.4 Å². The van der Waals surface area contributed by atoms with Crippen LogP contribution in [0.4, 0.5) is 11.4 Å². The van der Waals surface area contributed by atoms with E-state index >= 15 is 0 Å². The van der Waals surface area contributed by atoms with Crippen LogP contribution in [-0.4, -0.2) is 72.7 Å². The minimum atomic E-state index is -2.93. The third kappa shape index (κ3) is 4.73. The van der Waals surface area contributed by atoms with Crippen LogP contribution in [0.2, 0.25) is 18.6 Å². The molecule has 6 rings (SSSR count). The quantitative estimate of drug-likeness (QED) is 0.346. The summed E-state index contributed by atoms with van der Waals surface area (Å²) < 4.78 is 7.63. The lowest BCUT2D eigenvalue weighted by Crippen LogP contribution is -2.46. The number of aliphatic hydroxyl groups excluding tert-OH is 1. The molecule has 224 valence electrons. The van der Waals surface area contributed by atoms with Gasteiger partial charge in [-0.3, -0.25) is 14.4 Å². The molecule has 42 heavy (non-hydrogen) atoms. The average Bonchev–Trinajstić information content (AvgIpc) is 3.58. The zero-order valence-electron chi connectivity index (χ0n) is 24.3. The van der Waals surface area contributed by atoms with Gasteiger partial charge in [-0.15, -0.1) is 0 Å². The van der Waals surface area contributed by atoms with Gasteiger partial charge in [0.25, 0.3) is 5.91 Å². The highest BCUT2D eigenvalue weighted by molar-refractivity contribution is 9.10. The summed E-state index contributed by atoms with van der Waals surface area (Å²) in [5, 5.41) is 9.80. The van der Waals surface area contributed by atoms with E-state index in [9.17, 15) is 24.3 Å². The van der Waals surface area contributed by atoms with Crippen molar-refractivity contribution in [1.29, 1.82) is 0 Å². The van der Waals surface area contributed by atoms with Gasteiger partial charge < -0.3 is 29.3 Å². The molecule has 0 radical (unpaired) electrons. The van der Waals surface area contributed by atoms with Gasteiger partial charge in [0.2, 0.25) is 11.8 Å². The molecule has 2 N–H and O–H groups in total. The number of amides is 3. The van der Waals surface area contributed by atoms with E-state index in [4.69, 9.17) is 4.74 Å². The summed E-state index contributed by atoms with van der Waals surface area (Å²) in [7, 11) is -2.93. The van der Waals surface area contributed by atoms with Gasteiger partial charge in [-0.25, -0.2) is 0 Å². The van der Waals surface area contributed by atoms with Crippen molar-refractivity contribution in [3.05, 3.63) is 58.1 Å². The van der Waals surface area contributed by atoms with Crippen LogP contribution in [0.5, 0.6) is 0 Å². The Balaban J connectivity index is 1.35. The molecule has 4 aliphatic heterocycles. The zero-order valence-corrected chi connectivity index (χ0v) is 26.8. The number of rotatable bonds is 7. The van der Waals surface area contributed by atoms with Gasteiger partial charge in [-0.2, -0.15) is 0 Å². The Hall–Kier alpha value is -2.57. The van der Waals surface area contributed by atoms with E-state index in [1.807, 2.05) is 62.5 Å². The number of hydrogen-bond donors (Lipinski definition) is 2. The second kappa shape index (κ2) is 10.9. The molecule has 1 spiro atoms. The standard InChI is InChI=1S/C31H38BrN3O6Si/c1-19-29(42(2,3)40)26(16-28(38)33-12-5-8-23(33)18-36)41-31(19)24-15-21(32)9-10-25(24)35(30(31)39)17-20-6-4-7-22(14-20)34-13-11-27(34)37/h4,6-7,9-10,14-15,19,23,26,29,36,40H,5,8,11-13,16-18H2,1-3H3/t19-,23-,26+,29-,31+/m0/s1. The van der Waals surface area contributed by atoms with Crippen LogP contribution in [-0.2, 0) is 31.3 Å². The normalized spacial score (nSPS) is 29.0. The first-order chi connectivity index (χ1) is 20.0. The molecule has 0 saturated carbocycles. The molecule has 2 aromatic carbocycles. The summed E-state index contributed by atoms with van der Waals surface area (Å²) in [6.07, 6.45) is 1.56. The summed E-state index contributed by atoms with van der Waals surface area (Å²) in [5.74, 6) is -0.613. The highest BCUT2D eigenvalue weighted by atomic mass is 79.9. The lowest BCUT2D eigenvalue weighted by atomic mass is 9.82. The molecule has 0 unspecified atom stereocenters. The SMILES string of the molecule is C[C@H]1[C@H]([Si](C)(C)O)[C@@H](CC(=O)N2CCC[C@H]2CO)O[C@]12C(=O)N(Cc1cccc(N3CCC3=O)c1)c1ccc(Br)cc12. The van der Waals surface area contributed by atoms with E-state index in [-0.39, 0.29) is 48.3 Å². The van der Waals surface area contributed by atoms with Crippen LogP contribution in [0, 0.1) is 5.92 Å². The second-order valence-electron chi connectivity index (χ2n) is 12.6. The van der Waals surface area contributed by atoms with E-state index in [1.54, 1.807) is 14.7 Å². The fraction of sp³-hybridized carbons (Fsp3) is 0.516. The molecule has 0 bridgehead atoms. The maximum atomic E-state index is 14.6. The molecule has 9 nitrogen and oxygen atoms in total. The summed E-state index contributed by atoms with van der Waals surface area (Å²) in [6, 6.07) is 13.2. The number of halogens is 1. The van der Waals surface area contributed by atoms with Crippen molar-refractivity contribution in [2.75, 3.05) is 29.5 Å². The smallest absolute Gasteiger partial charge is 0.264 e. The maximum absolute atomic E-state index is 14.6. The number of fused-ring (bicyclic) bond motifs is 2. The van der Waals surface area contributed by atoms with Crippen molar-refractivity contribution in [2.24, 2.45) is 5.92 Å². The molecular formula is C31H38BrN3O6Si. The molecule has 3 fully saturated rings. The minimum absolute atomic E-state index is 0.0484. The van der Waals surface area contributed by atoms with Crippen molar-refractivity contribution in [3.63, 3.8) is 0 Å². The number of carbonyl (C=O) groups excluding carboxylic acids is 3. The topological polar surface area (TPSA) is 111 Å². The van der Waals surface area contributed by atoms with Gasteiger partial charge >= 0.3 is 0 Å². The summed E-state index contributed by atoms with van der Waals surface area (Å²) in [6.45, 7) is 7.16. The number of anilines is 2. The number of ether oxygens (including phenoxy) is 1. The first kappa shape index (κ1) is 29.5. The van der Waals surface area contributed by atoms with Gasteiger partial charge in [0.1, 0.15) is 0 Å². The van der Waals surface area contributed by atoms with E-state index in [2.05, 4.69) is 15.9 Å². The highest BCUT2D eigenvalue weighted by Crippen LogP contribution is 2.60. The lowest BCUT2D eigenvalue weighted by molar-refractivity contribution is -0.150. The molecule has 2 aromatic rings. The number of β-lactam (4-membered cyclic amide) rings is 1. The molecule has 0 aliphatic carbocycles. The number of hydrogen-bond acceptors (Lipinski definition) is 6. The first-order valence-corrected chi connectivity index (χ1v) is 18.6. The molecule has 5 atom stereocenters. The summed E-state index contributed by atoms with van der Waals surface area (Å²) in [4.78, 5) is 57.0. The third-order valence-corrected chi connectivity index (χ3v) is 12.6. The fourth-order valence-corrected chi connectivity index (χ4v) is 10.6. The average molecular weight is 657 g/mol. The number of benzene rings is 2. The Morgan fingerprint density at radius 1 is 1.17 bits per heavy atom. The number of aliphatic hydroxyl groups is 1. The Bertz CT molecular complexity index is 1430. The largest absolute Gasteiger partial charge is 0.432 e.